The summed E-state index contributed by atoms with van der Waals surface area (Å²) in [6, 6.07) is 3.97. The van der Waals surface area contributed by atoms with Crippen molar-refractivity contribution in [1.82, 2.24) is 24.6 Å². The molecule has 2 aromatic heterocycles. The van der Waals surface area contributed by atoms with Crippen LogP contribution >= 0.6 is 0 Å². The number of amides is 1. The number of carbonyl (C=O) groups excluding carboxylic acids is 1. The summed E-state index contributed by atoms with van der Waals surface area (Å²) >= 11 is 0. The number of rotatable bonds is 5. The summed E-state index contributed by atoms with van der Waals surface area (Å²) < 4.78 is 45.7. The largest absolute Gasteiger partial charge is 0.490 e. The van der Waals surface area contributed by atoms with E-state index in [4.69, 9.17) is 19.4 Å². The lowest BCUT2D eigenvalue weighted by Gasteiger charge is -2.31. The molecule has 13 heteroatoms. The summed E-state index contributed by atoms with van der Waals surface area (Å²) in [5, 5.41) is 14.8. The van der Waals surface area contributed by atoms with Crippen molar-refractivity contribution in [3.8, 4) is 0 Å². The van der Waals surface area contributed by atoms with Crippen LogP contribution in [0.15, 0.2) is 31.0 Å². The minimum Gasteiger partial charge on any atom is -0.475 e. The van der Waals surface area contributed by atoms with Crippen LogP contribution in [0.3, 0.4) is 0 Å². The highest BCUT2D eigenvalue weighted by Crippen LogP contribution is 2.33. The Labute approximate surface area is 187 Å². The molecule has 2 fully saturated rings. The van der Waals surface area contributed by atoms with E-state index in [-0.39, 0.29) is 5.91 Å². The van der Waals surface area contributed by atoms with E-state index in [2.05, 4.69) is 15.2 Å². The molecule has 2 N–H and O–H groups in total. The van der Waals surface area contributed by atoms with Gasteiger partial charge >= 0.3 is 12.1 Å². The van der Waals surface area contributed by atoms with E-state index in [1.165, 1.54) is 0 Å². The third kappa shape index (κ3) is 7.29. The Morgan fingerprint density at radius 1 is 1.30 bits per heavy atom. The zero-order chi connectivity index (χ0) is 23.9. The topological polar surface area (TPSA) is 123 Å². The molecule has 1 amide bonds. The number of carbonyl (C=O) groups is 2. The second kappa shape index (κ2) is 10.8. The highest BCUT2D eigenvalue weighted by molar-refractivity contribution is 5.76. The van der Waals surface area contributed by atoms with Crippen LogP contribution in [-0.2, 0) is 32.0 Å². The van der Waals surface area contributed by atoms with E-state index in [0.717, 1.165) is 25.1 Å². The van der Waals surface area contributed by atoms with Gasteiger partial charge in [-0.15, -0.1) is 10.2 Å². The number of aliphatic carboxylic acids is 1. The van der Waals surface area contributed by atoms with E-state index in [1.807, 2.05) is 27.8 Å². The minimum absolute atomic E-state index is 0.162. The average Bonchev–Trinajstić information content (AvgIpc) is 3.49. The zero-order valence-electron chi connectivity index (χ0n) is 17.8. The number of carboxylic acid groups (broad SMARTS) is 1. The monoisotopic (exact) mass is 473 g/mol. The molecular weight excluding hydrogens is 447 g/mol. The summed E-state index contributed by atoms with van der Waals surface area (Å²) in [5.41, 5.74) is 0.697. The molecule has 2 aliphatic rings. The Bertz CT molecular complexity index is 891. The first-order chi connectivity index (χ1) is 15.7. The molecule has 10 nitrogen and oxygen atoms in total. The van der Waals surface area contributed by atoms with Gasteiger partial charge in [-0.05, 0) is 25.0 Å². The van der Waals surface area contributed by atoms with Gasteiger partial charge in [0.2, 0.25) is 5.91 Å². The second-order valence-corrected chi connectivity index (χ2v) is 8.09. The molecule has 2 aliphatic heterocycles. The first-order valence-corrected chi connectivity index (χ1v) is 10.4. The van der Waals surface area contributed by atoms with Gasteiger partial charge in [-0.3, -0.25) is 4.79 Å². The van der Waals surface area contributed by atoms with Crippen molar-refractivity contribution in [3.63, 3.8) is 0 Å². The number of hydrogen-bond acceptors (Lipinski definition) is 6. The molecule has 33 heavy (non-hydrogen) atoms. The maximum atomic E-state index is 12.7. The first-order valence-electron chi connectivity index (χ1n) is 10.4. The molecule has 182 valence electrons. The van der Waals surface area contributed by atoms with Crippen molar-refractivity contribution in [2.24, 2.45) is 5.92 Å². The quantitative estimate of drug-likeness (QED) is 0.675. The van der Waals surface area contributed by atoms with Crippen LogP contribution in [-0.4, -0.2) is 86.3 Å². The molecule has 2 saturated heterocycles. The minimum atomic E-state index is -5.08. The van der Waals surface area contributed by atoms with Crippen LogP contribution < -0.4 is 0 Å². The van der Waals surface area contributed by atoms with Gasteiger partial charge in [0.15, 0.2) is 0 Å². The van der Waals surface area contributed by atoms with Crippen molar-refractivity contribution < 1.29 is 37.3 Å². The fourth-order valence-electron chi connectivity index (χ4n) is 3.92. The van der Waals surface area contributed by atoms with Crippen LogP contribution in [0, 0.1) is 5.92 Å². The summed E-state index contributed by atoms with van der Waals surface area (Å²) in [7, 11) is 0. The van der Waals surface area contributed by atoms with Crippen molar-refractivity contribution >= 4 is 11.9 Å². The summed E-state index contributed by atoms with van der Waals surface area (Å²) in [4.78, 5) is 26.7. The van der Waals surface area contributed by atoms with E-state index in [9.17, 15) is 18.0 Å². The Morgan fingerprint density at radius 3 is 2.67 bits per heavy atom. The van der Waals surface area contributed by atoms with Gasteiger partial charge in [0.05, 0.1) is 26.4 Å². The zero-order valence-corrected chi connectivity index (χ0v) is 17.8. The highest BCUT2D eigenvalue weighted by atomic mass is 19.4. The molecule has 0 aromatic carbocycles. The van der Waals surface area contributed by atoms with Crippen molar-refractivity contribution in [3.05, 3.63) is 36.7 Å². The molecular formula is C20H26F3N5O5. The SMILES string of the molecule is O=C(CCc1ccc[nH]1)N1CCOCC2(CC(Cn3cnnc3)CO2)C1.O=C(O)C(F)(F)F. The van der Waals surface area contributed by atoms with Gasteiger partial charge in [0, 0.05) is 37.3 Å². The molecule has 0 bridgehead atoms. The number of hydrogen-bond donors (Lipinski definition) is 2. The summed E-state index contributed by atoms with van der Waals surface area (Å²) in [6.45, 7) is 3.85. The van der Waals surface area contributed by atoms with E-state index in [1.54, 1.807) is 12.7 Å². The molecule has 0 aliphatic carbocycles. The standard InChI is InChI=1S/C18H25N5O3.C2HF3O2/c24-17(4-3-16-2-1-5-19-16)23-6-7-25-12-18(11-23)8-15(10-26-18)9-22-13-20-21-14-22;3-2(4,5)1(6)7/h1-2,5,13-15,19H,3-4,6-12H2;(H,6,7). The lowest BCUT2D eigenvalue weighted by Crippen LogP contribution is -2.46. The highest BCUT2D eigenvalue weighted by Gasteiger charge is 2.44. The molecule has 2 aromatic rings. The van der Waals surface area contributed by atoms with Crippen LogP contribution in [0.4, 0.5) is 13.2 Å². The molecule has 2 unspecified atom stereocenters. The van der Waals surface area contributed by atoms with Crippen molar-refractivity contribution in [2.75, 3.05) is 32.9 Å². The normalized spacial score (nSPS) is 23.1. The first kappa shape index (κ1) is 24.7. The number of alkyl halides is 3. The number of aromatic amines is 1. The molecule has 0 radical (unpaired) electrons. The van der Waals surface area contributed by atoms with Crippen molar-refractivity contribution in [2.45, 2.75) is 37.6 Å². The third-order valence-corrected chi connectivity index (χ3v) is 5.44. The fraction of sp³-hybridized carbons (Fsp3) is 0.600. The predicted molar refractivity (Wildman–Crippen MR) is 107 cm³/mol. The van der Waals surface area contributed by atoms with Crippen LogP contribution in [0.1, 0.15) is 18.5 Å². The van der Waals surface area contributed by atoms with E-state index >= 15 is 0 Å². The van der Waals surface area contributed by atoms with E-state index in [0.29, 0.717) is 45.2 Å². The van der Waals surface area contributed by atoms with Crippen molar-refractivity contribution in [1.29, 1.82) is 0 Å². The maximum Gasteiger partial charge on any atom is 0.490 e. The number of H-pyrrole nitrogens is 1. The van der Waals surface area contributed by atoms with E-state index < -0.39 is 17.7 Å². The number of ether oxygens (including phenoxy) is 2. The van der Waals surface area contributed by atoms with Crippen LogP contribution in [0.2, 0.25) is 0 Å². The molecule has 1 spiro atoms. The smallest absolute Gasteiger partial charge is 0.475 e. The Balaban J connectivity index is 0.000000383. The number of aromatic nitrogens is 4. The summed E-state index contributed by atoms with van der Waals surface area (Å²) in [5.74, 6) is -2.22. The second-order valence-electron chi connectivity index (χ2n) is 8.09. The van der Waals surface area contributed by atoms with Gasteiger partial charge in [-0.2, -0.15) is 13.2 Å². The third-order valence-electron chi connectivity index (χ3n) is 5.44. The molecule has 2 atom stereocenters. The van der Waals surface area contributed by atoms with Crippen LogP contribution in [0.5, 0.6) is 0 Å². The number of nitrogens with zero attached hydrogens (tertiary/aromatic N) is 4. The fourth-order valence-corrected chi connectivity index (χ4v) is 3.92. The van der Waals surface area contributed by atoms with Gasteiger partial charge in [0.1, 0.15) is 18.3 Å². The van der Waals surface area contributed by atoms with Gasteiger partial charge in [-0.1, -0.05) is 0 Å². The van der Waals surface area contributed by atoms with Crippen LogP contribution in [0.25, 0.3) is 0 Å². The number of halogens is 3. The summed E-state index contributed by atoms with van der Waals surface area (Å²) in [6.07, 6.45) is 2.37. The maximum absolute atomic E-state index is 12.7. The average molecular weight is 473 g/mol. The molecule has 4 heterocycles. The Morgan fingerprint density at radius 2 is 2.03 bits per heavy atom. The van der Waals surface area contributed by atoms with Gasteiger partial charge in [0.25, 0.3) is 0 Å². The predicted octanol–water partition coefficient (Wildman–Crippen LogP) is 1.51. The number of aryl methyl sites for hydroxylation is 1. The Kier molecular flexibility index (Phi) is 8.08. The molecule has 0 saturated carbocycles. The van der Waals surface area contributed by atoms with Gasteiger partial charge in [-0.25, -0.2) is 4.79 Å². The lowest BCUT2D eigenvalue weighted by molar-refractivity contribution is -0.192. The Hall–Kier alpha value is -2.93. The molecule has 4 rings (SSSR count). The van der Waals surface area contributed by atoms with Gasteiger partial charge < -0.3 is 29.0 Å². The lowest BCUT2D eigenvalue weighted by atomic mass is 9.94. The number of carboxylic acids is 1. The number of nitrogens with one attached hydrogen (secondary N) is 1.